The van der Waals surface area contributed by atoms with Gasteiger partial charge in [0.15, 0.2) is 0 Å². The summed E-state index contributed by atoms with van der Waals surface area (Å²) in [6, 6.07) is 15.8. The van der Waals surface area contributed by atoms with Crippen LogP contribution in [0.2, 0.25) is 0 Å². The van der Waals surface area contributed by atoms with Crippen LogP contribution in [0.25, 0.3) is 17.3 Å². The van der Waals surface area contributed by atoms with Crippen molar-refractivity contribution in [2.75, 3.05) is 5.32 Å². The first-order chi connectivity index (χ1) is 15.7. The summed E-state index contributed by atoms with van der Waals surface area (Å²) in [6.07, 6.45) is 12.5. The van der Waals surface area contributed by atoms with E-state index in [-0.39, 0.29) is 5.91 Å². The lowest BCUT2D eigenvalue weighted by molar-refractivity contribution is -0.111. The van der Waals surface area contributed by atoms with Crippen molar-refractivity contribution in [3.05, 3.63) is 90.5 Å². The summed E-state index contributed by atoms with van der Waals surface area (Å²) in [5, 5.41) is 11.9. The highest BCUT2D eigenvalue weighted by Gasteiger charge is 2.11. The number of unbranched alkanes of at least 4 members (excludes halogenated alkanes) is 1. The van der Waals surface area contributed by atoms with E-state index in [1.54, 1.807) is 30.7 Å². The third kappa shape index (κ3) is 5.37. The van der Waals surface area contributed by atoms with Gasteiger partial charge in [0.2, 0.25) is 5.91 Å². The topological polar surface area (TPSA) is 77.6 Å². The molecule has 0 unspecified atom stereocenters. The zero-order valence-corrected chi connectivity index (χ0v) is 18.1. The number of carbonyl (C=O) groups excluding carboxylic acids is 1. The van der Waals surface area contributed by atoms with Crippen LogP contribution in [0.15, 0.2) is 79.4 Å². The number of aryl methyl sites for hydroxylation is 1. The number of anilines is 1. The van der Waals surface area contributed by atoms with Gasteiger partial charge in [0.05, 0.1) is 12.7 Å². The monoisotopic (exact) mass is 426 g/mol. The standard InChI is InChI=1S/C25H26N6O/c1-2-3-16-31-23(13-15-27-31)28-24(32)12-11-22-19-30(18-20-8-5-4-6-9-20)29-25(22)21-10-7-14-26-17-21/h4-15,17,19H,2-3,16,18H2,1H3,(H,28,32)/b12-11+. The second kappa shape index (κ2) is 10.3. The first-order valence-corrected chi connectivity index (χ1v) is 10.8. The summed E-state index contributed by atoms with van der Waals surface area (Å²) in [4.78, 5) is 16.8. The first kappa shape index (κ1) is 21.2. The highest BCUT2D eigenvalue weighted by Crippen LogP contribution is 2.23. The summed E-state index contributed by atoms with van der Waals surface area (Å²) in [5.41, 5.74) is 3.69. The van der Waals surface area contributed by atoms with Gasteiger partial charge in [0.25, 0.3) is 0 Å². The number of benzene rings is 1. The minimum atomic E-state index is -0.212. The van der Waals surface area contributed by atoms with Gasteiger partial charge in [-0.05, 0) is 30.2 Å². The van der Waals surface area contributed by atoms with Crippen molar-refractivity contribution in [3.8, 4) is 11.3 Å². The number of hydrogen-bond acceptors (Lipinski definition) is 4. The predicted octanol–water partition coefficient (Wildman–Crippen LogP) is 4.64. The zero-order valence-electron chi connectivity index (χ0n) is 18.1. The molecule has 0 spiro atoms. The van der Waals surface area contributed by atoms with Gasteiger partial charge in [0.1, 0.15) is 11.5 Å². The molecule has 4 aromatic rings. The Morgan fingerprint density at radius 2 is 1.97 bits per heavy atom. The maximum Gasteiger partial charge on any atom is 0.249 e. The highest BCUT2D eigenvalue weighted by molar-refractivity contribution is 6.01. The SMILES string of the molecule is CCCCn1nccc1NC(=O)/C=C/c1cn(Cc2ccccc2)nc1-c1cccnc1. The fraction of sp³-hybridized carbons (Fsp3) is 0.200. The molecule has 1 N–H and O–H groups in total. The molecule has 0 saturated heterocycles. The van der Waals surface area contributed by atoms with Crippen LogP contribution in [-0.2, 0) is 17.9 Å². The number of carbonyl (C=O) groups is 1. The van der Waals surface area contributed by atoms with Gasteiger partial charge in [0, 0.05) is 48.4 Å². The van der Waals surface area contributed by atoms with Crippen LogP contribution in [-0.4, -0.2) is 30.5 Å². The Bertz CT molecular complexity index is 1180. The summed E-state index contributed by atoms with van der Waals surface area (Å²) in [5.74, 6) is 0.483. The lowest BCUT2D eigenvalue weighted by Gasteiger charge is -2.06. The lowest BCUT2D eigenvalue weighted by atomic mass is 10.1. The summed E-state index contributed by atoms with van der Waals surface area (Å²) >= 11 is 0. The minimum absolute atomic E-state index is 0.212. The van der Waals surface area contributed by atoms with E-state index < -0.39 is 0 Å². The van der Waals surface area contributed by atoms with E-state index in [0.717, 1.165) is 41.8 Å². The van der Waals surface area contributed by atoms with E-state index in [0.29, 0.717) is 12.4 Å². The molecule has 0 radical (unpaired) electrons. The van der Waals surface area contributed by atoms with E-state index in [4.69, 9.17) is 5.10 Å². The van der Waals surface area contributed by atoms with Gasteiger partial charge in [-0.15, -0.1) is 0 Å². The van der Waals surface area contributed by atoms with E-state index in [2.05, 4.69) is 34.5 Å². The number of aromatic nitrogens is 5. The normalized spacial score (nSPS) is 11.2. The summed E-state index contributed by atoms with van der Waals surface area (Å²) < 4.78 is 3.70. The number of rotatable bonds is 9. The first-order valence-electron chi connectivity index (χ1n) is 10.8. The molecular weight excluding hydrogens is 400 g/mol. The van der Waals surface area contributed by atoms with Gasteiger partial charge in [-0.1, -0.05) is 43.7 Å². The molecule has 1 amide bonds. The Morgan fingerprint density at radius 1 is 1.09 bits per heavy atom. The predicted molar refractivity (Wildman–Crippen MR) is 126 cm³/mol. The van der Waals surface area contributed by atoms with Gasteiger partial charge < -0.3 is 5.32 Å². The van der Waals surface area contributed by atoms with Crippen LogP contribution in [0.1, 0.15) is 30.9 Å². The Labute approximate surface area is 187 Å². The summed E-state index contributed by atoms with van der Waals surface area (Å²) in [7, 11) is 0. The summed E-state index contributed by atoms with van der Waals surface area (Å²) in [6.45, 7) is 3.55. The van der Waals surface area contributed by atoms with E-state index in [9.17, 15) is 4.79 Å². The van der Waals surface area contributed by atoms with Crippen LogP contribution >= 0.6 is 0 Å². The third-order valence-electron chi connectivity index (χ3n) is 5.02. The molecule has 7 nitrogen and oxygen atoms in total. The van der Waals surface area contributed by atoms with Crippen LogP contribution in [0.5, 0.6) is 0 Å². The second-order valence-corrected chi connectivity index (χ2v) is 7.47. The maximum absolute atomic E-state index is 12.6. The quantitative estimate of drug-likeness (QED) is 0.396. The second-order valence-electron chi connectivity index (χ2n) is 7.47. The molecular formula is C25H26N6O. The van der Waals surface area contributed by atoms with Crippen molar-refractivity contribution >= 4 is 17.8 Å². The average Bonchev–Trinajstić information content (AvgIpc) is 3.44. The Hall–Kier alpha value is -4.00. The molecule has 0 aliphatic carbocycles. The van der Waals surface area contributed by atoms with Gasteiger partial charge >= 0.3 is 0 Å². The van der Waals surface area contributed by atoms with Crippen molar-refractivity contribution in [1.29, 1.82) is 0 Å². The number of nitrogens with one attached hydrogen (secondary N) is 1. The number of pyridine rings is 1. The van der Waals surface area contributed by atoms with Crippen molar-refractivity contribution in [2.45, 2.75) is 32.9 Å². The molecule has 162 valence electrons. The smallest absolute Gasteiger partial charge is 0.249 e. The Balaban J connectivity index is 1.54. The van der Waals surface area contributed by atoms with Crippen molar-refractivity contribution < 1.29 is 4.79 Å². The molecule has 1 aromatic carbocycles. The largest absolute Gasteiger partial charge is 0.307 e. The average molecular weight is 427 g/mol. The third-order valence-corrected chi connectivity index (χ3v) is 5.02. The van der Waals surface area contributed by atoms with Gasteiger partial charge in [-0.2, -0.15) is 10.2 Å². The molecule has 0 aliphatic heterocycles. The van der Waals surface area contributed by atoms with Crippen LogP contribution < -0.4 is 5.32 Å². The Morgan fingerprint density at radius 3 is 2.75 bits per heavy atom. The number of amides is 1. The Kier molecular flexibility index (Phi) is 6.87. The molecule has 0 bridgehead atoms. The molecule has 0 saturated carbocycles. The highest BCUT2D eigenvalue weighted by atomic mass is 16.1. The number of nitrogens with zero attached hydrogens (tertiary/aromatic N) is 5. The van der Waals surface area contributed by atoms with Crippen LogP contribution in [0.3, 0.4) is 0 Å². The minimum Gasteiger partial charge on any atom is -0.307 e. The molecule has 3 heterocycles. The van der Waals surface area contributed by atoms with Gasteiger partial charge in [-0.3, -0.25) is 14.5 Å². The molecule has 7 heteroatoms. The van der Waals surface area contributed by atoms with E-state index in [1.807, 2.05) is 45.9 Å². The fourth-order valence-corrected chi connectivity index (χ4v) is 3.40. The molecule has 0 atom stereocenters. The van der Waals surface area contributed by atoms with Gasteiger partial charge in [-0.25, -0.2) is 4.68 Å². The maximum atomic E-state index is 12.6. The van der Waals surface area contributed by atoms with Crippen LogP contribution in [0.4, 0.5) is 5.82 Å². The zero-order chi connectivity index (χ0) is 22.2. The number of hydrogen-bond donors (Lipinski definition) is 1. The van der Waals surface area contributed by atoms with Crippen molar-refractivity contribution in [1.82, 2.24) is 24.5 Å². The molecule has 0 fully saturated rings. The fourth-order valence-electron chi connectivity index (χ4n) is 3.40. The molecule has 4 rings (SSSR count). The van der Waals surface area contributed by atoms with Crippen molar-refractivity contribution in [2.24, 2.45) is 0 Å². The molecule has 32 heavy (non-hydrogen) atoms. The van der Waals surface area contributed by atoms with Crippen molar-refractivity contribution in [3.63, 3.8) is 0 Å². The van der Waals surface area contributed by atoms with E-state index >= 15 is 0 Å². The van der Waals surface area contributed by atoms with Crippen LogP contribution in [0, 0.1) is 0 Å². The van der Waals surface area contributed by atoms with E-state index in [1.165, 1.54) is 6.08 Å². The molecule has 0 aliphatic rings. The molecule has 3 aromatic heterocycles. The lowest BCUT2D eigenvalue weighted by Crippen LogP contribution is -2.13.